The van der Waals surface area contributed by atoms with Gasteiger partial charge in [0.25, 0.3) is 5.91 Å². The van der Waals surface area contributed by atoms with Gasteiger partial charge in [-0.1, -0.05) is 6.07 Å². The number of pyridine rings is 1. The molecule has 1 amide bonds. The molecule has 31 heavy (non-hydrogen) atoms. The van der Waals surface area contributed by atoms with Crippen molar-refractivity contribution in [3.05, 3.63) is 80.2 Å². The van der Waals surface area contributed by atoms with Gasteiger partial charge in [-0.2, -0.15) is 0 Å². The highest BCUT2D eigenvalue weighted by Gasteiger charge is 2.45. The van der Waals surface area contributed by atoms with Crippen molar-refractivity contribution in [1.29, 1.82) is 0 Å². The number of fused-ring (bicyclic) bond motifs is 2. The third kappa shape index (κ3) is 3.08. The van der Waals surface area contributed by atoms with Crippen molar-refractivity contribution < 1.29 is 23.4 Å². The first-order valence-corrected chi connectivity index (χ1v) is 10.3. The number of hydrogen-bond acceptors (Lipinski definition) is 7. The molecule has 0 unspecified atom stereocenters. The zero-order valence-electron chi connectivity index (χ0n) is 15.9. The van der Waals surface area contributed by atoms with Crippen LogP contribution in [-0.2, 0) is 4.74 Å². The third-order valence-electron chi connectivity index (χ3n) is 5.38. The van der Waals surface area contributed by atoms with Crippen LogP contribution in [0.15, 0.2) is 46.8 Å². The van der Waals surface area contributed by atoms with E-state index in [1.54, 1.807) is 16.6 Å². The van der Waals surface area contributed by atoms with Gasteiger partial charge in [0.1, 0.15) is 17.2 Å². The van der Waals surface area contributed by atoms with Crippen LogP contribution in [0, 0.1) is 11.6 Å². The van der Waals surface area contributed by atoms with Crippen LogP contribution in [0.4, 0.5) is 8.78 Å². The van der Waals surface area contributed by atoms with Crippen LogP contribution in [0.3, 0.4) is 0 Å². The van der Waals surface area contributed by atoms with E-state index in [2.05, 4.69) is 4.98 Å². The number of aromatic nitrogens is 2. The minimum atomic E-state index is -1.02. The number of morpholine rings is 1. The molecule has 0 bridgehead atoms. The molecule has 1 fully saturated rings. The predicted molar refractivity (Wildman–Crippen MR) is 107 cm³/mol. The highest BCUT2D eigenvalue weighted by molar-refractivity contribution is 7.09. The quantitative estimate of drug-likeness (QED) is 0.661. The summed E-state index contributed by atoms with van der Waals surface area (Å²) in [5, 5.41) is 14.4. The number of thiazole rings is 1. The highest BCUT2D eigenvalue weighted by atomic mass is 32.1. The van der Waals surface area contributed by atoms with Crippen molar-refractivity contribution in [1.82, 2.24) is 14.6 Å². The molecule has 5 rings (SSSR count). The van der Waals surface area contributed by atoms with Gasteiger partial charge in [0, 0.05) is 30.4 Å². The zero-order chi connectivity index (χ0) is 21.7. The number of carbonyl (C=O) groups excluding carboxylic acids is 1. The summed E-state index contributed by atoms with van der Waals surface area (Å²) in [5.74, 6) is -3.19. The van der Waals surface area contributed by atoms with E-state index in [1.807, 2.05) is 0 Å². The molecule has 2 aliphatic heterocycles. The number of benzene rings is 1. The summed E-state index contributed by atoms with van der Waals surface area (Å²) in [4.78, 5) is 31.1. The van der Waals surface area contributed by atoms with E-state index in [-0.39, 0.29) is 18.8 Å². The summed E-state index contributed by atoms with van der Waals surface area (Å²) >= 11 is 1.30. The second kappa shape index (κ2) is 7.43. The van der Waals surface area contributed by atoms with Crippen LogP contribution >= 0.6 is 11.3 Å². The van der Waals surface area contributed by atoms with Gasteiger partial charge in [-0.05, 0) is 17.7 Å². The first-order valence-electron chi connectivity index (χ1n) is 9.43. The van der Waals surface area contributed by atoms with E-state index < -0.39 is 40.9 Å². The molecule has 11 heteroatoms. The van der Waals surface area contributed by atoms with Gasteiger partial charge in [-0.3, -0.25) is 19.3 Å². The molecule has 0 radical (unpaired) electrons. The topological polar surface area (TPSA) is 87.9 Å². The Balaban J connectivity index is 1.77. The van der Waals surface area contributed by atoms with Crippen LogP contribution in [0.2, 0.25) is 0 Å². The van der Waals surface area contributed by atoms with E-state index in [1.165, 1.54) is 33.2 Å². The Kier molecular flexibility index (Phi) is 4.71. The Hall–Kier alpha value is -3.31. The largest absolute Gasteiger partial charge is 0.502 e. The fourth-order valence-electron chi connectivity index (χ4n) is 3.99. The van der Waals surface area contributed by atoms with Crippen LogP contribution in [0.5, 0.6) is 5.75 Å². The van der Waals surface area contributed by atoms with Crippen molar-refractivity contribution in [2.75, 3.05) is 24.8 Å². The number of carbonyl (C=O) groups is 1. The molecule has 2 aromatic heterocycles. The molecule has 8 nitrogen and oxygen atoms in total. The van der Waals surface area contributed by atoms with E-state index in [0.717, 1.165) is 18.2 Å². The second-order valence-corrected chi connectivity index (χ2v) is 8.03. The summed E-state index contributed by atoms with van der Waals surface area (Å²) in [7, 11) is 0. The van der Waals surface area contributed by atoms with Gasteiger partial charge >= 0.3 is 0 Å². The maximum absolute atomic E-state index is 14.2. The van der Waals surface area contributed by atoms with E-state index >= 15 is 0 Å². The van der Waals surface area contributed by atoms with Crippen LogP contribution in [0.25, 0.3) is 0 Å². The van der Waals surface area contributed by atoms with Crippen molar-refractivity contribution in [3.8, 4) is 5.75 Å². The van der Waals surface area contributed by atoms with Gasteiger partial charge in [0.15, 0.2) is 23.1 Å². The molecular weight excluding hydrogens is 430 g/mol. The Morgan fingerprint density at radius 2 is 2.06 bits per heavy atom. The summed E-state index contributed by atoms with van der Waals surface area (Å²) in [5.41, 5.74) is -0.502. The summed E-state index contributed by atoms with van der Waals surface area (Å²) in [6, 6.07) is 3.94. The smallest absolute Gasteiger partial charge is 0.278 e. The first-order chi connectivity index (χ1) is 15.0. The van der Waals surface area contributed by atoms with Crippen molar-refractivity contribution >= 4 is 17.2 Å². The fourth-order valence-corrected chi connectivity index (χ4v) is 4.75. The van der Waals surface area contributed by atoms with Crippen molar-refractivity contribution in [2.24, 2.45) is 0 Å². The van der Waals surface area contributed by atoms with Gasteiger partial charge in [0.2, 0.25) is 5.43 Å². The Labute approximate surface area is 178 Å². The number of hydrogen-bond donors (Lipinski definition) is 1. The molecule has 4 heterocycles. The molecule has 1 saturated heterocycles. The average Bonchev–Trinajstić information content (AvgIpc) is 3.30. The summed E-state index contributed by atoms with van der Waals surface area (Å²) < 4.78 is 34.8. The molecule has 160 valence electrons. The molecule has 2 atom stereocenters. The first kappa shape index (κ1) is 19.6. The zero-order valence-corrected chi connectivity index (χ0v) is 16.8. The molecule has 1 N–H and O–H groups in total. The Bertz CT molecular complexity index is 1220. The minimum absolute atomic E-state index is 0.142. The predicted octanol–water partition coefficient (Wildman–Crippen LogP) is 1.83. The molecule has 0 spiro atoms. The highest BCUT2D eigenvalue weighted by Crippen LogP contribution is 2.36. The number of halogens is 2. The SMILES string of the molecule is O=C1c2c(O)c(=O)ccn2N([C@H](c2ccc(F)c(F)c2)c2nccs2)[C@@H]2COCCN12. The number of amides is 1. The number of rotatable bonds is 3. The number of nitrogens with zero attached hydrogens (tertiary/aromatic N) is 4. The Morgan fingerprint density at radius 3 is 2.81 bits per heavy atom. The van der Waals surface area contributed by atoms with Gasteiger partial charge in [0.05, 0.1) is 13.2 Å². The lowest BCUT2D eigenvalue weighted by molar-refractivity contribution is -0.0197. The van der Waals surface area contributed by atoms with Crippen LogP contribution < -0.4 is 10.4 Å². The molecule has 0 saturated carbocycles. The lowest BCUT2D eigenvalue weighted by Crippen LogP contribution is -2.66. The average molecular weight is 446 g/mol. The summed E-state index contributed by atoms with van der Waals surface area (Å²) in [6.07, 6.45) is 2.33. The van der Waals surface area contributed by atoms with Crippen LogP contribution in [0.1, 0.15) is 27.1 Å². The monoisotopic (exact) mass is 446 g/mol. The fraction of sp³-hybridized carbons (Fsp3) is 0.250. The van der Waals surface area contributed by atoms with Gasteiger partial charge in [-0.15, -0.1) is 11.3 Å². The molecular formula is C20H16F2N4O4S. The van der Waals surface area contributed by atoms with E-state index in [9.17, 15) is 23.5 Å². The standard InChI is InChI=1S/C20H16F2N4O4S/c21-12-2-1-11(9-13(12)22)16(19-23-4-8-31-19)26-15-10-30-7-6-24(15)20(29)17-18(28)14(27)3-5-25(17)26/h1-5,8-9,15-16,28H,6-7,10H2/t15-,16-/m1/s1. The maximum atomic E-state index is 14.2. The molecule has 0 aliphatic carbocycles. The third-order valence-corrected chi connectivity index (χ3v) is 6.21. The van der Waals surface area contributed by atoms with Crippen molar-refractivity contribution in [3.63, 3.8) is 0 Å². The summed E-state index contributed by atoms with van der Waals surface area (Å²) in [6.45, 7) is 0.676. The molecule has 2 aliphatic rings. The van der Waals surface area contributed by atoms with Crippen LogP contribution in [-0.4, -0.2) is 51.5 Å². The van der Waals surface area contributed by atoms with Crippen molar-refractivity contribution in [2.45, 2.75) is 12.2 Å². The van der Waals surface area contributed by atoms with Gasteiger partial charge < -0.3 is 14.7 Å². The lowest BCUT2D eigenvalue weighted by atomic mass is 10.0. The molecule has 3 aromatic rings. The van der Waals surface area contributed by atoms with E-state index in [0.29, 0.717) is 17.2 Å². The second-order valence-electron chi connectivity index (χ2n) is 7.10. The maximum Gasteiger partial charge on any atom is 0.278 e. The number of aromatic hydroxyl groups is 1. The minimum Gasteiger partial charge on any atom is -0.502 e. The van der Waals surface area contributed by atoms with Gasteiger partial charge in [-0.25, -0.2) is 13.8 Å². The Morgan fingerprint density at radius 1 is 1.23 bits per heavy atom. The molecule has 1 aromatic carbocycles. The lowest BCUT2D eigenvalue weighted by Gasteiger charge is -2.50. The number of ether oxygens (including phenoxy) is 1. The normalized spacial score (nSPS) is 19.2. The van der Waals surface area contributed by atoms with E-state index in [4.69, 9.17) is 4.74 Å².